The van der Waals surface area contributed by atoms with Gasteiger partial charge in [-0.05, 0) is 52.7 Å². The first-order valence-corrected chi connectivity index (χ1v) is 8.87. The molecule has 1 fully saturated rings. The zero-order chi connectivity index (χ0) is 18.4. The highest BCUT2D eigenvalue weighted by Gasteiger charge is 2.42. The van der Waals surface area contributed by atoms with Crippen molar-refractivity contribution in [1.29, 1.82) is 0 Å². The number of hydrogen-bond acceptors (Lipinski definition) is 5. The van der Waals surface area contributed by atoms with E-state index >= 15 is 0 Å². The summed E-state index contributed by atoms with van der Waals surface area (Å²) in [6.45, 7) is 7.42. The molecule has 0 unspecified atom stereocenters. The quantitative estimate of drug-likeness (QED) is 0.855. The van der Waals surface area contributed by atoms with Gasteiger partial charge in [0.05, 0.1) is 10.7 Å². The number of aliphatic hydroxyl groups excluding tert-OH is 1. The second kappa shape index (κ2) is 6.50. The Morgan fingerprint density at radius 1 is 1.44 bits per heavy atom. The Morgan fingerprint density at radius 3 is 2.72 bits per heavy atom. The number of alkyl carbamates (subject to hydrolysis) is 1. The molecule has 1 aliphatic heterocycles. The summed E-state index contributed by atoms with van der Waals surface area (Å²) in [5, 5.41) is 14.1. The molecule has 25 heavy (non-hydrogen) atoms. The molecule has 0 spiro atoms. The largest absolute Gasteiger partial charge is 0.438 e. The van der Waals surface area contributed by atoms with E-state index in [1.54, 1.807) is 25.1 Å². The summed E-state index contributed by atoms with van der Waals surface area (Å²) in [5.74, 6) is 0.550. The van der Waals surface area contributed by atoms with Gasteiger partial charge in [0.15, 0.2) is 12.3 Å². The van der Waals surface area contributed by atoms with Crippen LogP contribution in [0, 0.1) is 0 Å². The molecule has 1 aromatic rings. The SMILES string of the molecule is C[C@H](OC(=O)NC(C)(C)C)C1=Nc2cccc(Cl)c2[C@H](O)N1C1CC1. The molecule has 7 heteroatoms. The average molecular weight is 366 g/mol. The van der Waals surface area contributed by atoms with E-state index in [0.29, 0.717) is 22.1 Å². The smallest absolute Gasteiger partial charge is 0.408 e. The van der Waals surface area contributed by atoms with Crippen molar-refractivity contribution in [3.8, 4) is 0 Å². The molecule has 2 atom stereocenters. The predicted octanol–water partition coefficient (Wildman–Crippen LogP) is 3.75. The lowest BCUT2D eigenvalue weighted by Gasteiger charge is -2.37. The molecule has 0 radical (unpaired) electrons. The number of hydrogen-bond donors (Lipinski definition) is 2. The minimum atomic E-state index is -0.888. The fraction of sp³-hybridized carbons (Fsp3) is 0.556. The highest BCUT2D eigenvalue weighted by Crippen LogP contribution is 2.43. The van der Waals surface area contributed by atoms with Crippen LogP contribution in [-0.4, -0.2) is 39.6 Å². The Hall–Kier alpha value is -1.79. The van der Waals surface area contributed by atoms with Gasteiger partial charge in [0.1, 0.15) is 5.84 Å². The Bertz CT molecular complexity index is 710. The molecule has 2 aliphatic rings. The van der Waals surface area contributed by atoms with E-state index in [9.17, 15) is 9.90 Å². The van der Waals surface area contributed by atoms with Crippen LogP contribution >= 0.6 is 11.6 Å². The van der Waals surface area contributed by atoms with Gasteiger partial charge in [-0.1, -0.05) is 17.7 Å². The summed E-state index contributed by atoms with van der Waals surface area (Å²) in [5.41, 5.74) is 0.825. The van der Waals surface area contributed by atoms with E-state index < -0.39 is 18.4 Å². The van der Waals surface area contributed by atoms with E-state index in [4.69, 9.17) is 16.3 Å². The average Bonchev–Trinajstić information content (AvgIpc) is 3.29. The minimum absolute atomic E-state index is 0.190. The van der Waals surface area contributed by atoms with Crippen LogP contribution in [0.5, 0.6) is 0 Å². The van der Waals surface area contributed by atoms with Crippen molar-refractivity contribution in [2.75, 3.05) is 0 Å². The molecule has 0 saturated heterocycles. The highest BCUT2D eigenvalue weighted by molar-refractivity contribution is 6.31. The Morgan fingerprint density at radius 2 is 2.12 bits per heavy atom. The lowest BCUT2D eigenvalue weighted by molar-refractivity contribution is 0.0337. The molecule has 1 heterocycles. The summed E-state index contributed by atoms with van der Waals surface area (Å²) in [6, 6.07) is 5.53. The molecule has 136 valence electrons. The van der Waals surface area contributed by atoms with Crippen molar-refractivity contribution < 1.29 is 14.6 Å². The zero-order valence-corrected chi connectivity index (χ0v) is 15.7. The number of benzene rings is 1. The maximum Gasteiger partial charge on any atom is 0.408 e. The first-order chi connectivity index (χ1) is 11.7. The van der Waals surface area contributed by atoms with Gasteiger partial charge in [0.25, 0.3) is 0 Å². The van der Waals surface area contributed by atoms with Crippen LogP contribution in [0.1, 0.15) is 52.3 Å². The fourth-order valence-electron chi connectivity index (χ4n) is 2.91. The molecular weight excluding hydrogens is 342 g/mol. The number of aliphatic hydroxyl groups is 1. The van der Waals surface area contributed by atoms with E-state index in [0.717, 1.165) is 12.8 Å². The van der Waals surface area contributed by atoms with Crippen molar-refractivity contribution in [3.05, 3.63) is 28.8 Å². The van der Waals surface area contributed by atoms with Gasteiger partial charge in [0, 0.05) is 17.1 Å². The lowest BCUT2D eigenvalue weighted by Crippen LogP contribution is -2.48. The molecular formula is C18H24ClN3O3. The molecule has 0 aromatic heterocycles. The predicted molar refractivity (Wildman–Crippen MR) is 97.2 cm³/mol. The molecule has 3 rings (SSSR count). The summed E-state index contributed by atoms with van der Waals surface area (Å²) in [7, 11) is 0. The van der Waals surface area contributed by atoms with Gasteiger partial charge in [-0.3, -0.25) is 0 Å². The van der Waals surface area contributed by atoms with Gasteiger partial charge in [-0.25, -0.2) is 9.79 Å². The van der Waals surface area contributed by atoms with E-state index in [1.807, 2.05) is 25.7 Å². The van der Waals surface area contributed by atoms with E-state index in [2.05, 4.69) is 10.3 Å². The number of carbonyl (C=O) groups is 1. The van der Waals surface area contributed by atoms with E-state index in [-0.39, 0.29) is 11.6 Å². The molecule has 1 saturated carbocycles. The standard InChI is InChI=1S/C18H24ClN3O3/c1-10(25-17(24)21-18(2,3)4)15-20-13-7-5-6-12(19)14(13)16(23)22(15)11-8-9-11/h5-7,10-11,16,23H,8-9H2,1-4H3,(H,21,24)/t10-,16-/m0/s1. The number of nitrogens with one attached hydrogen (secondary N) is 1. The third-order valence-electron chi connectivity index (χ3n) is 4.12. The van der Waals surface area contributed by atoms with Gasteiger partial charge in [0.2, 0.25) is 0 Å². The van der Waals surface area contributed by atoms with Crippen LogP contribution < -0.4 is 5.32 Å². The molecule has 6 nitrogen and oxygen atoms in total. The van der Waals surface area contributed by atoms with Gasteiger partial charge < -0.3 is 20.1 Å². The first kappa shape index (κ1) is 18.0. The minimum Gasteiger partial charge on any atom is -0.438 e. The van der Waals surface area contributed by atoms with Crippen LogP contribution in [0.4, 0.5) is 10.5 Å². The molecule has 1 aromatic carbocycles. The molecule has 2 N–H and O–H groups in total. The van der Waals surface area contributed by atoms with Gasteiger partial charge >= 0.3 is 6.09 Å². The van der Waals surface area contributed by atoms with Gasteiger partial charge in [-0.15, -0.1) is 0 Å². The van der Waals surface area contributed by atoms with Crippen molar-refractivity contribution in [2.24, 2.45) is 4.99 Å². The Balaban J connectivity index is 1.88. The number of nitrogens with zero attached hydrogens (tertiary/aromatic N) is 2. The van der Waals surface area contributed by atoms with Crippen molar-refractivity contribution in [3.63, 3.8) is 0 Å². The highest BCUT2D eigenvalue weighted by atomic mass is 35.5. The number of amidine groups is 1. The first-order valence-electron chi connectivity index (χ1n) is 8.49. The number of rotatable bonds is 3. The maximum absolute atomic E-state index is 12.1. The van der Waals surface area contributed by atoms with Crippen LogP contribution in [-0.2, 0) is 4.74 Å². The van der Waals surface area contributed by atoms with Crippen molar-refractivity contribution >= 4 is 29.2 Å². The Labute approximate surface area is 152 Å². The van der Waals surface area contributed by atoms with Crippen LogP contribution in [0.25, 0.3) is 0 Å². The number of ether oxygens (including phenoxy) is 1. The lowest BCUT2D eigenvalue weighted by atomic mass is 10.1. The fourth-order valence-corrected chi connectivity index (χ4v) is 3.18. The van der Waals surface area contributed by atoms with Crippen molar-refractivity contribution in [1.82, 2.24) is 10.2 Å². The van der Waals surface area contributed by atoms with E-state index in [1.165, 1.54) is 0 Å². The summed E-state index contributed by atoms with van der Waals surface area (Å²) < 4.78 is 5.50. The third-order valence-corrected chi connectivity index (χ3v) is 4.45. The second-order valence-electron chi connectivity index (χ2n) is 7.58. The second-order valence-corrected chi connectivity index (χ2v) is 7.98. The number of halogens is 1. The molecule has 0 bridgehead atoms. The molecule has 1 aliphatic carbocycles. The summed E-state index contributed by atoms with van der Waals surface area (Å²) in [4.78, 5) is 18.6. The number of amides is 1. The number of aliphatic imine (C=N–C) groups is 1. The Kier molecular flexibility index (Phi) is 4.68. The number of fused-ring (bicyclic) bond motifs is 1. The molecule has 1 amide bonds. The third kappa shape index (κ3) is 3.90. The zero-order valence-electron chi connectivity index (χ0n) is 14.9. The van der Waals surface area contributed by atoms with Gasteiger partial charge in [-0.2, -0.15) is 0 Å². The van der Waals surface area contributed by atoms with Crippen LogP contribution in [0.3, 0.4) is 0 Å². The number of carbonyl (C=O) groups excluding carboxylic acids is 1. The van der Waals surface area contributed by atoms with Crippen molar-refractivity contribution in [2.45, 2.75) is 64.4 Å². The summed E-state index contributed by atoms with van der Waals surface area (Å²) in [6.07, 6.45) is -0.0527. The topological polar surface area (TPSA) is 74.2 Å². The van der Waals surface area contributed by atoms with Crippen LogP contribution in [0.2, 0.25) is 5.02 Å². The summed E-state index contributed by atoms with van der Waals surface area (Å²) >= 11 is 6.26. The maximum atomic E-state index is 12.1. The normalized spacial score (nSPS) is 21.3. The monoisotopic (exact) mass is 365 g/mol. The van der Waals surface area contributed by atoms with Crippen LogP contribution in [0.15, 0.2) is 23.2 Å².